The fourth-order valence-corrected chi connectivity index (χ4v) is 1.25. The van der Waals surface area contributed by atoms with Gasteiger partial charge < -0.3 is 11.1 Å². The van der Waals surface area contributed by atoms with Gasteiger partial charge in [-0.3, -0.25) is 0 Å². The van der Waals surface area contributed by atoms with Gasteiger partial charge in [-0.25, -0.2) is 0 Å². The summed E-state index contributed by atoms with van der Waals surface area (Å²) in [6.45, 7) is 0.954. The number of anilines is 1. The van der Waals surface area contributed by atoms with E-state index < -0.39 is 0 Å². The summed E-state index contributed by atoms with van der Waals surface area (Å²) in [5.41, 5.74) is 7.78. The van der Waals surface area contributed by atoms with E-state index in [0.717, 1.165) is 18.3 Å². The second kappa shape index (κ2) is 3.15. The molecule has 0 radical (unpaired) electrons. The molecule has 1 aliphatic rings. The predicted octanol–water partition coefficient (Wildman–Crippen LogP) is 1.52. The minimum Gasteiger partial charge on any atom is -0.399 e. The predicted molar refractivity (Wildman–Crippen MR) is 50.7 cm³/mol. The third kappa shape index (κ3) is 1.98. The Morgan fingerprint density at radius 1 is 1.42 bits per heavy atom. The third-order valence-electron chi connectivity index (χ3n) is 2.12. The Hall–Kier alpha value is -1.02. The molecule has 3 N–H and O–H groups in total. The van der Waals surface area contributed by atoms with E-state index in [0.29, 0.717) is 0 Å². The smallest absolute Gasteiger partial charge is 0.0317 e. The lowest BCUT2D eigenvalue weighted by Crippen LogP contribution is -2.15. The summed E-state index contributed by atoms with van der Waals surface area (Å²) in [4.78, 5) is 0. The number of rotatable bonds is 3. The zero-order valence-electron chi connectivity index (χ0n) is 7.09. The third-order valence-corrected chi connectivity index (χ3v) is 2.12. The Bertz CT molecular complexity index is 266. The highest BCUT2D eigenvalue weighted by atomic mass is 14.9. The van der Waals surface area contributed by atoms with Crippen LogP contribution in [-0.4, -0.2) is 6.04 Å². The minimum absolute atomic E-state index is 0.770. The van der Waals surface area contributed by atoms with Crippen molar-refractivity contribution in [1.82, 2.24) is 5.32 Å². The summed E-state index contributed by atoms with van der Waals surface area (Å²) in [6.07, 6.45) is 2.67. The standard InChI is InChI=1S/C10H14N2/c11-9-3-1-2-8(6-9)7-12-10-4-5-10/h1-3,6,10,12H,4-5,7,11H2. The Balaban J connectivity index is 1.92. The van der Waals surface area contributed by atoms with Gasteiger partial charge in [-0.05, 0) is 30.5 Å². The van der Waals surface area contributed by atoms with E-state index in [1.165, 1.54) is 18.4 Å². The van der Waals surface area contributed by atoms with Gasteiger partial charge in [0, 0.05) is 18.3 Å². The van der Waals surface area contributed by atoms with Gasteiger partial charge in [0.05, 0.1) is 0 Å². The molecular formula is C10H14N2. The van der Waals surface area contributed by atoms with Gasteiger partial charge in [0.15, 0.2) is 0 Å². The monoisotopic (exact) mass is 162 g/mol. The first kappa shape index (κ1) is 7.62. The van der Waals surface area contributed by atoms with Gasteiger partial charge in [-0.1, -0.05) is 12.1 Å². The maximum Gasteiger partial charge on any atom is 0.0317 e. The van der Waals surface area contributed by atoms with Crippen LogP contribution in [0, 0.1) is 0 Å². The molecule has 0 aliphatic heterocycles. The number of benzene rings is 1. The number of hydrogen-bond donors (Lipinski definition) is 2. The first-order valence-corrected chi connectivity index (χ1v) is 4.42. The van der Waals surface area contributed by atoms with Gasteiger partial charge in [0.2, 0.25) is 0 Å². The average Bonchev–Trinajstić information content (AvgIpc) is 2.84. The summed E-state index contributed by atoms with van der Waals surface area (Å²) in [6, 6.07) is 8.81. The van der Waals surface area contributed by atoms with Crippen LogP contribution in [0.25, 0.3) is 0 Å². The number of nitrogen functional groups attached to an aromatic ring is 1. The zero-order valence-corrected chi connectivity index (χ0v) is 7.09. The Labute approximate surface area is 72.8 Å². The molecule has 12 heavy (non-hydrogen) atoms. The molecule has 1 aliphatic carbocycles. The van der Waals surface area contributed by atoms with Crippen LogP contribution in [0.1, 0.15) is 18.4 Å². The highest BCUT2D eigenvalue weighted by molar-refractivity contribution is 5.40. The molecule has 1 saturated carbocycles. The lowest BCUT2D eigenvalue weighted by atomic mass is 10.2. The molecule has 0 saturated heterocycles. The number of nitrogens with two attached hydrogens (primary N) is 1. The lowest BCUT2D eigenvalue weighted by Gasteiger charge is -2.02. The van der Waals surface area contributed by atoms with Crippen molar-refractivity contribution in [3.05, 3.63) is 29.8 Å². The molecule has 0 spiro atoms. The number of hydrogen-bond acceptors (Lipinski definition) is 2. The van der Waals surface area contributed by atoms with E-state index in [2.05, 4.69) is 11.4 Å². The van der Waals surface area contributed by atoms with E-state index in [1.807, 2.05) is 18.2 Å². The Morgan fingerprint density at radius 3 is 2.92 bits per heavy atom. The van der Waals surface area contributed by atoms with Crippen LogP contribution in [-0.2, 0) is 6.54 Å². The minimum atomic E-state index is 0.770. The largest absolute Gasteiger partial charge is 0.399 e. The van der Waals surface area contributed by atoms with Crippen LogP contribution < -0.4 is 11.1 Å². The van der Waals surface area contributed by atoms with Crippen LogP contribution in [0.5, 0.6) is 0 Å². The summed E-state index contributed by atoms with van der Waals surface area (Å²) in [7, 11) is 0. The molecular weight excluding hydrogens is 148 g/mol. The molecule has 2 nitrogen and oxygen atoms in total. The Kier molecular flexibility index (Phi) is 2.00. The molecule has 1 aromatic rings. The van der Waals surface area contributed by atoms with Gasteiger partial charge in [0.1, 0.15) is 0 Å². The van der Waals surface area contributed by atoms with Crippen LogP contribution in [0.4, 0.5) is 5.69 Å². The SMILES string of the molecule is Nc1cccc(CNC2CC2)c1. The van der Waals surface area contributed by atoms with Crippen molar-refractivity contribution in [2.45, 2.75) is 25.4 Å². The molecule has 0 amide bonds. The molecule has 1 aromatic carbocycles. The molecule has 0 heterocycles. The van der Waals surface area contributed by atoms with E-state index in [4.69, 9.17) is 5.73 Å². The quantitative estimate of drug-likeness (QED) is 0.661. The topological polar surface area (TPSA) is 38.0 Å². The number of nitrogens with one attached hydrogen (secondary N) is 1. The highest BCUT2D eigenvalue weighted by Gasteiger charge is 2.19. The van der Waals surface area contributed by atoms with Crippen LogP contribution in [0.3, 0.4) is 0 Å². The fourth-order valence-electron chi connectivity index (χ4n) is 1.25. The molecule has 64 valence electrons. The van der Waals surface area contributed by atoms with Crippen molar-refractivity contribution in [1.29, 1.82) is 0 Å². The average molecular weight is 162 g/mol. The summed E-state index contributed by atoms with van der Waals surface area (Å²) in [5, 5.41) is 3.44. The second-order valence-electron chi connectivity index (χ2n) is 3.40. The van der Waals surface area contributed by atoms with Crippen molar-refractivity contribution < 1.29 is 0 Å². The normalized spacial score (nSPS) is 16.3. The lowest BCUT2D eigenvalue weighted by molar-refractivity contribution is 0.688. The zero-order chi connectivity index (χ0) is 8.39. The maximum absolute atomic E-state index is 5.65. The first-order valence-electron chi connectivity index (χ1n) is 4.42. The Morgan fingerprint density at radius 2 is 2.25 bits per heavy atom. The van der Waals surface area contributed by atoms with Crippen LogP contribution in [0.2, 0.25) is 0 Å². The van der Waals surface area contributed by atoms with Gasteiger partial charge in [-0.15, -0.1) is 0 Å². The van der Waals surface area contributed by atoms with Gasteiger partial charge in [0.25, 0.3) is 0 Å². The van der Waals surface area contributed by atoms with Crippen molar-refractivity contribution in [3.8, 4) is 0 Å². The molecule has 2 rings (SSSR count). The van der Waals surface area contributed by atoms with Crippen LogP contribution >= 0.6 is 0 Å². The van der Waals surface area contributed by atoms with E-state index in [9.17, 15) is 0 Å². The van der Waals surface area contributed by atoms with Crippen molar-refractivity contribution in [3.63, 3.8) is 0 Å². The van der Waals surface area contributed by atoms with Crippen molar-refractivity contribution in [2.75, 3.05) is 5.73 Å². The molecule has 0 bridgehead atoms. The highest BCUT2D eigenvalue weighted by Crippen LogP contribution is 2.19. The molecule has 0 unspecified atom stereocenters. The molecule has 1 fully saturated rings. The van der Waals surface area contributed by atoms with E-state index in [1.54, 1.807) is 0 Å². The first-order chi connectivity index (χ1) is 5.84. The molecule has 0 aromatic heterocycles. The van der Waals surface area contributed by atoms with Crippen molar-refractivity contribution in [2.24, 2.45) is 0 Å². The molecule has 2 heteroatoms. The van der Waals surface area contributed by atoms with Crippen molar-refractivity contribution >= 4 is 5.69 Å². The maximum atomic E-state index is 5.65. The van der Waals surface area contributed by atoms with Gasteiger partial charge >= 0.3 is 0 Å². The van der Waals surface area contributed by atoms with Crippen LogP contribution in [0.15, 0.2) is 24.3 Å². The summed E-state index contributed by atoms with van der Waals surface area (Å²) < 4.78 is 0. The van der Waals surface area contributed by atoms with E-state index >= 15 is 0 Å². The molecule has 0 atom stereocenters. The van der Waals surface area contributed by atoms with E-state index in [-0.39, 0.29) is 0 Å². The summed E-state index contributed by atoms with van der Waals surface area (Å²) >= 11 is 0. The second-order valence-corrected chi connectivity index (χ2v) is 3.40. The summed E-state index contributed by atoms with van der Waals surface area (Å²) in [5.74, 6) is 0. The fraction of sp³-hybridized carbons (Fsp3) is 0.400. The van der Waals surface area contributed by atoms with Gasteiger partial charge in [-0.2, -0.15) is 0 Å².